The molecule has 0 aliphatic rings. The molecule has 0 heterocycles. The number of nitrogens with one attached hydrogen (secondary N) is 1. The van der Waals surface area contributed by atoms with Crippen LogP contribution < -0.4 is 5.43 Å². The molecule has 3 N–H and O–H groups in total. The van der Waals surface area contributed by atoms with Crippen LogP contribution in [0.2, 0.25) is 5.02 Å². The molecular formula is C10H11ClN2O3S. The predicted octanol–water partition coefficient (Wildman–Crippen LogP) is 2.95. The minimum absolute atomic E-state index is 0.0229. The molecule has 0 fully saturated rings. The van der Waals surface area contributed by atoms with Crippen molar-refractivity contribution in [2.24, 2.45) is 5.10 Å². The number of carbonyl (C=O) groups is 1. The lowest BCUT2D eigenvalue weighted by molar-refractivity contribution is 0.261. The second-order valence-corrected chi connectivity index (χ2v) is 4.75. The zero-order valence-corrected chi connectivity index (χ0v) is 10.8. The molecule has 1 aromatic carbocycles. The summed E-state index contributed by atoms with van der Waals surface area (Å²) >= 11 is 6.29. The Morgan fingerprint density at radius 2 is 2.00 bits per heavy atom. The summed E-state index contributed by atoms with van der Waals surface area (Å²) in [6.07, 6.45) is 0. The number of hydrogen-bond acceptors (Lipinski definition) is 5. The first-order chi connectivity index (χ1) is 7.90. The number of amides is 1. The molecule has 17 heavy (non-hydrogen) atoms. The Morgan fingerprint density at radius 1 is 1.35 bits per heavy atom. The van der Waals surface area contributed by atoms with E-state index in [-0.39, 0.29) is 21.4 Å². The van der Waals surface area contributed by atoms with Crippen molar-refractivity contribution in [2.45, 2.75) is 18.7 Å². The van der Waals surface area contributed by atoms with Crippen LogP contribution in [-0.2, 0) is 0 Å². The summed E-state index contributed by atoms with van der Waals surface area (Å²) in [5, 5.41) is 22.1. The monoisotopic (exact) mass is 274 g/mol. The number of rotatable bonds is 2. The van der Waals surface area contributed by atoms with E-state index in [4.69, 9.17) is 11.6 Å². The molecule has 1 aromatic rings. The summed E-state index contributed by atoms with van der Waals surface area (Å²) < 4.78 is 0. The Balaban J connectivity index is 2.78. The second-order valence-electron chi connectivity index (χ2n) is 3.33. The molecule has 0 atom stereocenters. The third kappa shape index (κ3) is 4.16. The van der Waals surface area contributed by atoms with Crippen molar-refractivity contribution >= 4 is 34.3 Å². The number of nitrogens with zero attached hydrogens (tertiary/aromatic N) is 1. The highest BCUT2D eigenvalue weighted by Crippen LogP contribution is 2.36. The van der Waals surface area contributed by atoms with E-state index in [1.807, 2.05) is 0 Å². The van der Waals surface area contributed by atoms with Gasteiger partial charge >= 0.3 is 5.24 Å². The van der Waals surface area contributed by atoms with Gasteiger partial charge in [-0.05, 0) is 31.7 Å². The van der Waals surface area contributed by atoms with Crippen molar-refractivity contribution in [3.8, 4) is 11.5 Å². The third-order valence-electron chi connectivity index (χ3n) is 1.60. The molecule has 92 valence electrons. The van der Waals surface area contributed by atoms with Crippen LogP contribution in [0.25, 0.3) is 0 Å². The molecule has 0 spiro atoms. The van der Waals surface area contributed by atoms with Gasteiger partial charge in [0, 0.05) is 11.8 Å². The van der Waals surface area contributed by atoms with Crippen LogP contribution in [0.15, 0.2) is 22.1 Å². The second kappa shape index (κ2) is 5.79. The Hall–Kier alpha value is -1.40. The molecule has 1 rings (SSSR count). The number of carbonyl (C=O) groups excluding carboxylic acids is 1. The topological polar surface area (TPSA) is 81.9 Å². The number of aromatic hydroxyl groups is 2. The van der Waals surface area contributed by atoms with E-state index in [1.54, 1.807) is 13.8 Å². The summed E-state index contributed by atoms with van der Waals surface area (Å²) in [4.78, 5) is 11.6. The highest BCUT2D eigenvalue weighted by Gasteiger charge is 2.11. The number of halogens is 1. The van der Waals surface area contributed by atoms with E-state index in [0.717, 1.165) is 0 Å². The van der Waals surface area contributed by atoms with Gasteiger partial charge in [-0.15, -0.1) is 0 Å². The molecular weight excluding hydrogens is 264 g/mol. The largest absolute Gasteiger partial charge is 0.507 e. The number of phenols is 2. The third-order valence-corrected chi connectivity index (χ3v) is 2.73. The summed E-state index contributed by atoms with van der Waals surface area (Å²) in [7, 11) is 0. The van der Waals surface area contributed by atoms with Gasteiger partial charge < -0.3 is 10.2 Å². The van der Waals surface area contributed by atoms with Gasteiger partial charge in [-0.3, -0.25) is 4.79 Å². The zero-order valence-electron chi connectivity index (χ0n) is 9.19. The number of hydrazone groups is 1. The van der Waals surface area contributed by atoms with Gasteiger partial charge in [0.2, 0.25) is 0 Å². The van der Waals surface area contributed by atoms with E-state index >= 15 is 0 Å². The molecule has 0 radical (unpaired) electrons. The van der Waals surface area contributed by atoms with Gasteiger partial charge in [-0.2, -0.15) is 5.10 Å². The number of benzene rings is 1. The first-order valence-electron chi connectivity index (χ1n) is 4.60. The Bertz CT molecular complexity index is 473. The first kappa shape index (κ1) is 13.7. The lowest BCUT2D eigenvalue weighted by Gasteiger charge is -2.05. The maximum absolute atomic E-state index is 11.4. The highest BCUT2D eigenvalue weighted by atomic mass is 35.5. The molecule has 5 nitrogen and oxygen atoms in total. The maximum Gasteiger partial charge on any atom is 0.304 e. The smallest absolute Gasteiger partial charge is 0.304 e. The van der Waals surface area contributed by atoms with Crippen molar-refractivity contribution in [2.75, 3.05) is 0 Å². The molecule has 0 aromatic heterocycles. The minimum Gasteiger partial charge on any atom is -0.507 e. The molecule has 1 amide bonds. The lowest BCUT2D eigenvalue weighted by Crippen LogP contribution is -2.12. The molecule has 0 bridgehead atoms. The minimum atomic E-state index is -0.469. The lowest BCUT2D eigenvalue weighted by atomic mass is 10.3. The highest BCUT2D eigenvalue weighted by molar-refractivity contribution is 8.13. The van der Waals surface area contributed by atoms with Crippen molar-refractivity contribution in [1.82, 2.24) is 5.43 Å². The van der Waals surface area contributed by atoms with Crippen molar-refractivity contribution in [3.05, 3.63) is 17.2 Å². The SMILES string of the molecule is CC(C)=NNC(=O)Sc1cc(O)c(Cl)cc1O. The Morgan fingerprint density at radius 3 is 2.59 bits per heavy atom. The van der Waals surface area contributed by atoms with Gasteiger partial charge in [0.05, 0.1) is 9.92 Å². The average molecular weight is 275 g/mol. The van der Waals surface area contributed by atoms with Crippen LogP contribution in [0.4, 0.5) is 4.79 Å². The quantitative estimate of drug-likeness (QED) is 0.335. The van der Waals surface area contributed by atoms with Gasteiger partial charge in [-0.1, -0.05) is 11.6 Å². The predicted molar refractivity (Wildman–Crippen MR) is 68.0 cm³/mol. The molecule has 0 saturated heterocycles. The fraction of sp³-hybridized carbons (Fsp3) is 0.200. The molecule has 0 saturated carbocycles. The van der Waals surface area contributed by atoms with Crippen LogP contribution in [0.5, 0.6) is 11.5 Å². The van der Waals surface area contributed by atoms with Gasteiger partial charge in [0.25, 0.3) is 0 Å². The van der Waals surface area contributed by atoms with Crippen LogP contribution in [0.1, 0.15) is 13.8 Å². The van der Waals surface area contributed by atoms with E-state index < -0.39 is 5.24 Å². The van der Waals surface area contributed by atoms with Crippen LogP contribution in [-0.4, -0.2) is 21.2 Å². The normalized spacial score (nSPS) is 9.82. The summed E-state index contributed by atoms with van der Waals surface area (Å²) in [6, 6.07) is 2.38. The molecule has 0 aliphatic heterocycles. The van der Waals surface area contributed by atoms with Crippen LogP contribution >= 0.6 is 23.4 Å². The molecule has 0 aliphatic carbocycles. The Labute approximate surface area is 107 Å². The standard InChI is InChI=1S/C10H11ClN2O3S/c1-5(2)12-13-10(16)17-9-4-7(14)6(11)3-8(9)15/h3-4,14-15H,1-2H3,(H,13,16). The van der Waals surface area contributed by atoms with E-state index in [1.165, 1.54) is 12.1 Å². The van der Waals surface area contributed by atoms with E-state index in [2.05, 4.69) is 10.5 Å². The van der Waals surface area contributed by atoms with Gasteiger partial charge in [-0.25, -0.2) is 5.43 Å². The summed E-state index contributed by atoms with van der Waals surface area (Å²) in [5.41, 5.74) is 2.97. The summed E-state index contributed by atoms with van der Waals surface area (Å²) in [6.45, 7) is 3.47. The van der Waals surface area contributed by atoms with Crippen molar-refractivity contribution < 1.29 is 15.0 Å². The van der Waals surface area contributed by atoms with Crippen LogP contribution in [0.3, 0.4) is 0 Å². The molecule has 0 unspecified atom stereocenters. The van der Waals surface area contributed by atoms with Gasteiger partial charge in [0.15, 0.2) is 0 Å². The fourth-order valence-corrected chi connectivity index (χ4v) is 1.68. The van der Waals surface area contributed by atoms with Crippen LogP contribution in [0, 0.1) is 0 Å². The number of phenolic OH excluding ortho intramolecular Hbond substituents is 2. The fourth-order valence-electron chi connectivity index (χ4n) is 0.894. The van der Waals surface area contributed by atoms with Crippen molar-refractivity contribution in [1.29, 1.82) is 0 Å². The molecule has 7 heteroatoms. The van der Waals surface area contributed by atoms with Gasteiger partial charge in [0.1, 0.15) is 11.5 Å². The zero-order chi connectivity index (χ0) is 13.0. The van der Waals surface area contributed by atoms with E-state index in [9.17, 15) is 15.0 Å². The van der Waals surface area contributed by atoms with Crippen molar-refractivity contribution in [3.63, 3.8) is 0 Å². The average Bonchev–Trinajstić information content (AvgIpc) is 2.23. The Kier molecular flexibility index (Phi) is 4.65. The van der Waals surface area contributed by atoms with E-state index in [0.29, 0.717) is 17.5 Å². The summed E-state index contributed by atoms with van der Waals surface area (Å²) in [5.74, 6) is -0.375. The first-order valence-corrected chi connectivity index (χ1v) is 5.79. The number of hydrogen-bond donors (Lipinski definition) is 3. The number of thioether (sulfide) groups is 1. The maximum atomic E-state index is 11.4.